The van der Waals surface area contributed by atoms with E-state index in [9.17, 15) is 4.79 Å². The molecule has 3 heterocycles. The van der Waals surface area contributed by atoms with Gasteiger partial charge in [-0.15, -0.1) is 23.1 Å². The number of nitrogens with zero attached hydrogens (tertiary/aromatic N) is 1. The molecule has 2 aromatic carbocycles. The minimum atomic E-state index is -0.0798. The number of aromatic amines is 1. The fourth-order valence-electron chi connectivity index (χ4n) is 3.19. The molecule has 0 fully saturated rings. The average Bonchev–Trinajstić information content (AvgIpc) is 3.35. The van der Waals surface area contributed by atoms with Crippen LogP contribution in [0.2, 0.25) is 0 Å². The first-order valence-electron chi connectivity index (χ1n) is 8.80. The summed E-state index contributed by atoms with van der Waals surface area (Å²) in [7, 11) is 0. The average molecular weight is 409 g/mol. The Bertz CT molecular complexity index is 1200. The van der Waals surface area contributed by atoms with Gasteiger partial charge in [0.1, 0.15) is 10.7 Å². The van der Waals surface area contributed by atoms with Crippen molar-refractivity contribution in [1.82, 2.24) is 9.97 Å². The van der Waals surface area contributed by atoms with Gasteiger partial charge >= 0.3 is 0 Å². The Hall–Kier alpha value is -2.77. The van der Waals surface area contributed by atoms with E-state index in [4.69, 9.17) is 9.47 Å². The molecule has 5 rings (SSSR count). The number of fused-ring (bicyclic) bond motifs is 2. The van der Waals surface area contributed by atoms with Crippen LogP contribution in [0.15, 0.2) is 58.7 Å². The van der Waals surface area contributed by atoms with Crippen molar-refractivity contribution >= 4 is 33.3 Å². The van der Waals surface area contributed by atoms with Gasteiger partial charge in [-0.3, -0.25) is 4.79 Å². The first-order chi connectivity index (χ1) is 13.8. The fraction of sp³-hybridized carbons (Fsp3) is 0.143. The summed E-state index contributed by atoms with van der Waals surface area (Å²) < 4.78 is 10.8. The molecule has 2 aromatic heterocycles. The van der Waals surface area contributed by atoms with Crippen LogP contribution in [-0.4, -0.2) is 16.8 Å². The highest BCUT2D eigenvalue weighted by atomic mass is 32.2. The predicted octanol–water partition coefficient (Wildman–Crippen LogP) is 4.81. The van der Waals surface area contributed by atoms with Crippen molar-refractivity contribution in [2.45, 2.75) is 11.5 Å². The number of nitrogens with one attached hydrogen (secondary N) is 1. The third kappa shape index (κ3) is 3.27. The van der Waals surface area contributed by atoms with Gasteiger partial charge in [0.2, 0.25) is 6.79 Å². The highest BCUT2D eigenvalue weighted by Crippen LogP contribution is 2.34. The molecule has 0 unspecified atom stereocenters. The summed E-state index contributed by atoms with van der Waals surface area (Å²) in [6, 6.07) is 15.9. The lowest BCUT2D eigenvalue weighted by Crippen LogP contribution is -2.10. The largest absolute Gasteiger partial charge is 0.454 e. The Labute approximate surface area is 169 Å². The van der Waals surface area contributed by atoms with Crippen molar-refractivity contribution in [3.05, 3.63) is 75.7 Å². The van der Waals surface area contributed by atoms with E-state index in [-0.39, 0.29) is 12.4 Å². The molecule has 5 nitrogen and oxygen atoms in total. The van der Waals surface area contributed by atoms with Gasteiger partial charge in [-0.2, -0.15) is 0 Å². The Morgan fingerprint density at radius 1 is 1.07 bits per heavy atom. The number of hydrogen-bond acceptors (Lipinski definition) is 6. The molecule has 0 saturated heterocycles. The molecular weight excluding hydrogens is 392 g/mol. The highest BCUT2D eigenvalue weighted by Gasteiger charge is 2.14. The predicted molar refractivity (Wildman–Crippen MR) is 113 cm³/mol. The zero-order valence-corrected chi connectivity index (χ0v) is 16.4. The van der Waals surface area contributed by atoms with Crippen LogP contribution in [0.25, 0.3) is 21.3 Å². The SMILES string of the molecule is O=c1[nH]c(CSCc2ccc3c(c2)OCO3)nc2scc(-c3ccccc3)c12. The Balaban J connectivity index is 1.34. The van der Waals surface area contributed by atoms with Gasteiger partial charge in [0.25, 0.3) is 5.56 Å². The standard InChI is InChI=1S/C21H16N2O3S2/c24-20-19-15(14-4-2-1-3-5-14)10-28-21(19)23-18(22-20)11-27-9-13-6-7-16-17(8-13)26-12-25-16/h1-8,10H,9,11-12H2,(H,22,23,24). The number of thioether (sulfide) groups is 1. The van der Waals surface area contributed by atoms with Crippen molar-refractivity contribution in [2.75, 3.05) is 6.79 Å². The lowest BCUT2D eigenvalue weighted by molar-refractivity contribution is 0.174. The molecule has 140 valence electrons. The molecule has 1 aliphatic rings. The van der Waals surface area contributed by atoms with E-state index < -0.39 is 0 Å². The summed E-state index contributed by atoms with van der Waals surface area (Å²) >= 11 is 3.21. The maximum absolute atomic E-state index is 12.7. The molecule has 1 N–H and O–H groups in total. The van der Waals surface area contributed by atoms with E-state index in [1.54, 1.807) is 11.8 Å². The van der Waals surface area contributed by atoms with E-state index in [1.165, 1.54) is 11.3 Å². The topological polar surface area (TPSA) is 64.2 Å². The molecule has 0 saturated carbocycles. The molecule has 0 amide bonds. The van der Waals surface area contributed by atoms with Crippen LogP contribution in [0, 0.1) is 0 Å². The maximum Gasteiger partial charge on any atom is 0.260 e. The maximum atomic E-state index is 12.7. The van der Waals surface area contributed by atoms with Crippen molar-refractivity contribution in [1.29, 1.82) is 0 Å². The van der Waals surface area contributed by atoms with Gasteiger partial charge in [-0.1, -0.05) is 36.4 Å². The second-order valence-corrected chi connectivity index (χ2v) is 8.23. The summed E-state index contributed by atoms with van der Waals surface area (Å²) in [5, 5.41) is 2.67. The quantitative estimate of drug-likeness (QED) is 0.513. The molecule has 0 radical (unpaired) electrons. The van der Waals surface area contributed by atoms with Gasteiger partial charge in [0.05, 0.1) is 11.1 Å². The summed E-state index contributed by atoms with van der Waals surface area (Å²) in [4.78, 5) is 21.1. The number of benzene rings is 2. The lowest BCUT2D eigenvalue weighted by atomic mass is 10.1. The zero-order valence-electron chi connectivity index (χ0n) is 14.8. The molecule has 4 aromatic rings. The van der Waals surface area contributed by atoms with Crippen molar-refractivity contribution in [2.24, 2.45) is 0 Å². The van der Waals surface area contributed by atoms with Gasteiger partial charge in [0.15, 0.2) is 11.5 Å². The molecule has 0 atom stereocenters. The number of aromatic nitrogens is 2. The molecule has 0 spiro atoms. The smallest absolute Gasteiger partial charge is 0.260 e. The molecule has 28 heavy (non-hydrogen) atoms. The Morgan fingerprint density at radius 3 is 2.82 bits per heavy atom. The second-order valence-electron chi connectivity index (χ2n) is 6.39. The van der Waals surface area contributed by atoms with Crippen LogP contribution in [0.4, 0.5) is 0 Å². The zero-order chi connectivity index (χ0) is 18.9. The molecule has 1 aliphatic heterocycles. The van der Waals surface area contributed by atoms with Crippen LogP contribution < -0.4 is 15.0 Å². The lowest BCUT2D eigenvalue weighted by Gasteiger charge is -2.04. The Morgan fingerprint density at radius 2 is 1.93 bits per heavy atom. The second kappa shape index (κ2) is 7.33. The number of hydrogen-bond donors (Lipinski definition) is 1. The van der Waals surface area contributed by atoms with Crippen molar-refractivity contribution in [3.63, 3.8) is 0 Å². The normalized spacial score (nSPS) is 12.6. The van der Waals surface area contributed by atoms with E-state index in [0.29, 0.717) is 17.0 Å². The van der Waals surface area contributed by atoms with Crippen molar-refractivity contribution < 1.29 is 9.47 Å². The summed E-state index contributed by atoms with van der Waals surface area (Å²) in [6.07, 6.45) is 0. The number of ether oxygens (including phenoxy) is 2. The summed E-state index contributed by atoms with van der Waals surface area (Å²) in [5.41, 5.74) is 3.05. The first-order valence-corrected chi connectivity index (χ1v) is 10.8. The molecule has 0 bridgehead atoms. The first kappa shape index (κ1) is 17.3. The third-order valence-electron chi connectivity index (χ3n) is 4.52. The monoisotopic (exact) mass is 408 g/mol. The van der Waals surface area contributed by atoms with Gasteiger partial charge < -0.3 is 14.5 Å². The van der Waals surface area contributed by atoms with Crippen LogP contribution in [0.5, 0.6) is 11.5 Å². The van der Waals surface area contributed by atoms with Crippen LogP contribution in [0.1, 0.15) is 11.4 Å². The molecule has 0 aliphatic carbocycles. The number of rotatable bonds is 5. The van der Waals surface area contributed by atoms with Gasteiger partial charge in [-0.25, -0.2) is 4.98 Å². The van der Waals surface area contributed by atoms with Crippen LogP contribution >= 0.6 is 23.1 Å². The number of thiophene rings is 1. The van der Waals surface area contributed by atoms with E-state index in [1.807, 2.05) is 53.9 Å². The van der Waals surface area contributed by atoms with Gasteiger partial charge in [-0.05, 0) is 23.3 Å². The minimum absolute atomic E-state index is 0.0798. The fourth-order valence-corrected chi connectivity index (χ4v) is 5.00. The van der Waals surface area contributed by atoms with Crippen LogP contribution in [-0.2, 0) is 11.5 Å². The van der Waals surface area contributed by atoms with Crippen molar-refractivity contribution in [3.8, 4) is 22.6 Å². The third-order valence-corrected chi connectivity index (χ3v) is 6.41. The molecular formula is C21H16N2O3S2. The highest BCUT2D eigenvalue weighted by molar-refractivity contribution is 7.97. The number of H-pyrrole nitrogens is 1. The van der Waals surface area contributed by atoms with E-state index in [0.717, 1.165) is 38.8 Å². The summed E-state index contributed by atoms with van der Waals surface area (Å²) in [5.74, 6) is 3.72. The van der Waals surface area contributed by atoms with Crippen LogP contribution in [0.3, 0.4) is 0 Å². The Kier molecular flexibility index (Phi) is 4.54. The van der Waals surface area contributed by atoms with E-state index >= 15 is 0 Å². The van der Waals surface area contributed by atoms with E-state index in [2.05, 4.69) is 9.97 Å². The molecule has 7 heteroatoms. The summed E-state index contributed by atoms with van der Waals surface area (Å²) in [6.45, 7) is 0.281. The minimum Gasteiger partial charge on any atom is -0.454 e. The van der Waals surface area contributed by atoms with Gasteiger partial charge in [0, 0.05) is 16.7 Å².